The lowest BCUT2D eigenvalue weighted by Crippen LogP contribution is -2.56. The molecule has 3 unspecified atom stereocenters. The molecular weight excluding hydrogens is 442 g/mol. The molecule has 6 atom stereocenters. The average molecular weight is 474 g/mol. The van der Waals surface area contributed by atoms with Gasteiger partial charge in [0.2, 0.25) is 17.7 Å². The molecule has 3 heterocycles. The number of halogens is 1. The Bertz CT molecular complexity index is 648. The Balaban J connectivity index is 1.88. The van der Waals surface area contributed by atoms with Gasteiger partial charge in [0.05, 0.1) is 24.5 Å². The average Bonchev–Trinajstić information content (AvgIpc) is 3.27. The van der Waals surface area contributed by atoms with Crippen molar-refractivity contribution in [2.75, 3.05) is 26.2 Å². The van der Waals surface area contributed by atoms with Crippen LogP contribution < -0.4 is 10.6 Å². The third-order valence-corrected chi connectivity index (χ3v) is 7.15. The molecule has 3 aliphatic heterocycles. The zero-order valence-corrected chi connectivity index (χ0v) is 18.7. The standard InChI is InChI=1S/C20H32BrN3O5/c1-3-5-6-8-23-18(27)16-20-11-12(21)15(29-20)13(17(26)22-7-4-2)14(20)19(28)24(16)9-10-25/h12-16,25H,3-11H2,1-2H3,(H,22,26)(H,23,27)/t12?,13-,14+,15-,16?,20?/m1/s1. The minimum absolute atomic E-state index is 0.0500. The fourth-order valence-electron chi connectivity index (χ4n) is 5.13. The minimum atomic E-state index is -1.03. The predicted octanol–water partition coefficient (Wildman–Crippen LogP) is 0.559. The van der Waals surface area contributed by atoms with Gasteiger partial charge in [-0.15, -0.1) is 0 Å². The van der Waals surface area contributed by atoms with E-state index in [1.54, 1.807) is 0 Å². The predicted molar refractivity (Wildman–Crippen MR) is 110 cm³/mol. The Morgan fingerprint density at radius 2 is 1.93 bits per heavy atom. The van der Waals surface area contributed by atoms with Gasteiger partial charge in [0.25, 0.3) is 0 Å². The summed E-state index contributed by atoms with van der Waals surface area (Å²) < 4.78 is 6.31. The highest BCUT2D eigenvalue weighted by atomic mass is 79.9. The first-order chi connectivity index (χ1) is 13.9. The number of carbonyl (C=O) groups is 3. The van der Waals surface area contributed by atoms with Crippen LogP contribution in [0.1, 0.15) is 46.0 Å². The van der Waals surface area contributed by atoms with Crippen molar-refractivity contribution in [2.24, 2.45) is 11.8 Å². The lowest BCUT2D eigenvalue weighted by Gasteiger charge is -2.34. The zero-order chi connectivity index (χ0) is 21.2. The number of aliphatic hydroxyl groups is 1. The molecule has 0 saturated carbocycles. The van der Waals surface area contributed by atoms with Crippen LogP contribution in [-0.4, -0.2) is 76.5 Å². The molecule has 0 aliphatic carbocycles. The van der Waals surface area contributed by atoms with Gasteiger partial charge in [-0.2, -0.15) is 0 Å². The Morgan fingerprint density at radius 3 is 2.59 bits per heavy atom. The number of likely N-dealkylation sites (tertiary alicyclic amines) is 1. The van der Waals surface area contributed by atoms with Crippen LogP contribution in [-0.2, 0) is 19.1 Å². The quantitative estimate of drug-likeness (QED) is 0.317. The van der Waals surface area contributed by atoms with Crippen LogP contribution in [0.2, 0.25) is 0 Å². The number of rotatable bonds is 10. The fourth-order valence-corrected chi connectivity index (χ4v) is 6.07. The van der Waals surface area contributed by atoms with Crippen molar-refractivity contribution in [3.63, 3.8) is 0 Å². The lowest BCUT2D eigenvalue weighted by atomic mass is 9.70. The first-order valence-electron chi connectivity index (χ1n) is 10.7. The molecule has 3 saturated heterocycles. The van der Waals surface area contributed by atoms with E-state index in [1.165, 1.54) is 4.90 Å². The van der Waals surface area contributed by atoms with E-state index in [4.69, 9.17) is 4.74 Å². The van der Waals surface area contributed by atoms with Gasteiger partial charge >= 0.3 is 0 Å². The van der Waals surface area contributed by atoms with Gasteiger partial charge < -0.3 is 25.4 Å². The minimum Gasteiger partial charge on any atom is -0.395 e. The number of amides is 3. The van der Waals surface area contributed by atoms with E-state index < -0.39 is 29.6 Å². The van der Waals surface area contributed by atoms with E-state index in [0.717, 1.165) is 25.7 Å². The summed E-state index contributed by atoms with van der Waals surface area (Å²) in [4.78, 5) is 40.6. The molecule has 2 bridgehead atoms. The fraction of sp³-hybridized carbons (Fsp3) is 0.850. The van der Waals surface area contributed by atoms with Crippen molar-refractivity contribution in [2.45, 2.75) is 68.5 Å². The molecule has 164 valence electrons. The van der Waals surface area contributed by atoms with Gasteiger partial charge in [0, 0.05) is 24.5 Å². The summed E-state index contributed by atoms with van der Waals surface area (Å²) in [6.45, 7) is 4.93. The van der Waals surface area contributed by atoms with E-state index in [0.29, 0.717) is 19.5 Å². The van der Waals surface area contributed by atoms with Crippen molar-refractivity contribution < 1.29 is 24.2 Å². The smallest absolute Gasteiger partial charge is 0.245 e. The van der Waals surface area contributed by atoms with Gasteiger partial charge in [-0.25, -0.2) is 0 Å². The number of unbranched alkanes of at least 4 members (excludes halogenated alkanes) is 2. The van der Waals surface area contributed by atoms with Crippen LogP contribution in [0, 0.1) is 11.8 Å². The Morgan fingerprint density at radius 1 is 1.21 bits per heavy atom. The van der Waals surface area contributed by atoms with Crippen LogP contribution >= 0.6 is 15.9 Å². The van der Waals surface area contributed by atoms with E-state index in [1.807, 2.05) is 6.92 Å². The number of carbonyl (C=O) groups excluding carboxylic acids is 3. The summed E-state index contributed by atoms with van der Waals surface area (Å²) in [7, 11) is 0. The summed E-state index contributed by atoms with van der Waals surface area (Å²) in [5.41, 5.74) is -1.03. The van der Waals surface area contributed by atoms with Crippen LogP contribution in [0.3, 0.4) is 0 Å². The summed E-state index contributed by atoms with van der Waals surface area (Å²) in [5, 5.41) is 15.3. The lowest BCUT2D eigenvalue weighted by molar-refractivity contribution is -0.142. The van der Waals surface area contributed by atoms with E-state index in [-0.39, 0.29) is 35.7 Å². The SMILES string of the molecule is CCCCCNC(=O)C1N(CCO)C(=O)[C@@H]2[C@@H](C(=O)NCCC)[C@@H]3OC12CC3Br. The van der Waals surface area contributed by atoms with Gasteiger partial charge in [-0.05, 0) is 19.3 Å². The zero-order valence-electron chi connectivity index (χ0n) is 17.2. The molecule has 3 aliphatic rings. The van der Waals surface area contributed by atoms with Crippen molar-refractivity contribution >= 4 is 33.7 Å². The van der Waals surface area contributed by atoms with Gasteiger partial charge in [0.1, 0.15) is 11.6 Å². The summed E-state index contributed by atoms with van der Waals surface area (Å²) in [6, 6.07) is -0.831. The number of aliphatic hydroxyl groups excluding tert-OH is 1. The number of nitrogens with one attached hydrogen (secondary N) is 2. The molecule has 0 aromatic heterocycles. The number of alkyl halides is 1. The van der Waals surface area contributed by atoms with E-state index >= 15 is 0 Å². The van der Waals surface area contributed by atoms with Gasteiger partial charge in [0.15, 0.2) is 0 Å². The van der Waals surface area contributed by atoms with Crippen LogP contribution in [0.25, 0.3) is 0 Å². The molecule has 3 fully saturated rings. The normalized spacial score (nSPS) is 35.1. The molecule has 3 amide bonds. The first-order valence-corrected chi connectivity index (χ1v) is 11.6. The maximum Gasteiger partial charge on any atom is 0.245 e. The third kappa shape index (κ3) is 3.81. The van der Waals surface area contributed by atoms with Crippen LogP contribution in [0.4, 0.5) is 0 Å². The first kappa shape index (κ1) is 22.5. The maximum absolute atomic E-state index is 13.3. The Kier molecular flexibility index (Phi) is 7.22. The number of hydrogen-bond acceptors (Lipinski definition) is 5. The summed E-state index contributed by atoms with van der Waals surface area (Å²) >= 11 is 3.62. The molecule has 3 N–H and O–H groups in total. The maximum atomic E-state index is 13.3. The van der Waals surface area contributed by atoms with Gasteiger partial charge in [-0.3, -0.25) is 14.4 Å². The van der Waals surface area contributed by atoms with Crippen molar-refractivity contribution in [1.29, 1.82) is 0 Å². The number of β-amino-alcohol motifs (C(OH)–C–C–N with tert-alkyl or cyclic N) is 1. The summed E-state index contributed by atoms with van der Waals surface area (Å²) in [6.07, 6.45) is 3.77. The molecule has 29 heavy (non-hydrogen) atoms. The van der Waals surface area contributed by atoms with Crippen LogP contribution in [0.15, 0.2) is 0 Å². The second-order valence-corrected chi connectivity index (χ2v) is 9.38. The second-order valence-electron chi connectivity index (χ2n) is 8.21. The van der Waals surface area contributed by atoms with E-state index in [9.17, 15) is 19.5 Å². The monoisotopic (exact) mass is 473 g/mol. The van der Waals surface area contributed by atoms with Crippen molar-refractivity contribution in [3.05, 3.63) is 0 Å². The van der Waals surface area contributed by atoms with Crippen LogP contribution in [0.5, 0.6) is 0 Å². The highest BCUT2D eigenvalue weighted by Gasteiger charge is 2.76. The second kappa shape index (κ2) is 9.31. The van der Waals surface area contributed by atoms with E-state index in [2.05, 4.69) is 33.5 Å². The molecule has 3 rings (SSSR count). The highest BCUT2D eigenvalue weighted by Crippen LogP contribution is 2.59. The Hall–Kier alpha value is -1.19. The molecule has 0 aromatic carbocycles. The largest absolute Gasteiger partial charge is 0.395 e. The molecule has 1 spiro atoms. The molecule has 9 heteroatoms. The molecule has 0 aromatic rings. The topological polar surface area (TPSA) is 108 Å². The number of hydrogen-bond donors (Lipinski definition) is 3. The summed E-state index contributed by atoms with van der Waals surface area (Å²) in [5.74, 6) is -2.07. The van der Waals surface area contributed by atoms with Crippen molar-refractivity contribution in [3.8, 4) is 0 Å². The third-order valence-electron chi connectivity index (χ3n) is 6.31. The number of fused-ring (bicyclic) bond motifs is 1. The van der Waals surface area contributed by atoms with Crippen molar-refractivity contribution in [1.82, 2.24) is 15.5 Å². The Labute approximate surface area is 180 Å². The van der Waals surface area contributed by atoms with Gasteiger partial charge in [-0.1, -0.05) is 42.6 Å². The number of ether oxygens (including phenoxy) is 1. The number of nitrogens with zero attached hydrogens (tertiary/aromatic N) is 1. The highest BCUT2D eigenvalue weighted by molar-refractivity contribution is 9.09. The molecule has 0 radical (unpaired) electrons. The molecular formula is C20H32BrN3O5. The molecule has 8 nitrogen and oxygen atoms in total.